The molecule has 3 atom stereocenters. The summed E-state index contributed by atoms with van der Waals surface area (Å²) in [6.07, 6.45) is 15.8. The van der Waals surface area contributed by atoms with Crippen LogP contribution in [0.25, 0.3) is 0 Å². The fourth-order valence-electron chi connectivity index (χ4n) is 4.94. The van der Waals surface area contributed by atoms with Crippen LogP contribution in [0.5, 0.6) is 0 Å². The van der Waals surface area contributed by atoms with Crippen molar-refractivity contribution in [3.8, 4) is 12.3 Å². The van der Waals surface area contributed by atoms with Crippen molar-refractivity contribution in [3.63, 3.8) is 0 Å². The van der Waals surface area contributed by atoms with Crippen molar-refractivity contribution in [2.75, 3.05) is 6.54 Å². The Balaban J connectivity index is 2.41. The Labute approximate surface area is 193 Å². The molecule has 1 fully saturated rings. The van der Waals surface area contributed by atoms with E-state index in [-0.39, 0.29) is 5.60 Å². The third-order valence-corrected chi connectivity index (χ3v) is 7.13. The summed E-state index contributed by atoms with van der Waals surface area (Å²) in [6.45, 7) is 23.1. The second kappa shape index (κ2) is 10.8. The lowest BCUT2D eigenvalue weighted by molar-refractivity contribution is -0.00869. The minimum Gasteiger partial charge on any atom is -0.474 e. The van der Waals surface area contributed by atoms with E-state index in [0.29, 0.717) is 29.7 Å². The van der Waals surface area contributed by atoms with Crippen LogP contribution in [0.15, 0.2) is 35.3 Å². The molecule has 31 heavy (non-hydrogen) atoms. The fraction of sp³-hybridized carbons (Fsp3) is 0.724. The van der Waals surface area contributed by atoms with Crippen LogP contribution in [0.2, 0.25) is 0 Å². The van der Waals surface area contributed by atoms with E-state index in [1.54, 1.807) is 0 Å². The lowest BCUT2D eigenvalue weighted by Crippen LogP contribution is -2.42. The van der Waals surface area contributed by atoms with Crippen molar-refractivity contribution >= 4 is 0 Å². The first-order chi connectivity index (χ1) is 14.5. The first-order valence-corrected chi connectivity index (χ1v) is 12.5. The van der Waals surface area contributed by atoms with Gasteiger partial charge in [0.15, 0.2) is 5.88 Å². The highest BCUT2D eigenvalue weighted by Gasteiger charge is 2.33. The van der Waals surface area contributed by atoms with Gasteiger partial charge in [-0.3, -0.25) is 0 Å². The Kier molecular flexibility index (Phi) is 8.93. The maximum Gasteiger partial charge on any atom is 0.182 e. The molecule has 0 N–H and O–H groups in total. The Hall–Kier alpha value is -1.62. The topological polar surface area (TPSA) is 12.5 Å². The SMILES string of the molecule is C#CC(/C(=C/C1=C(C)C(CC(C)C)N(C(=C)OC(C)(C)C)CC1)C(C)CC)C1CCC1. The second-order valence-electron chi connectivity index (χ2n) is 11.2. The Bertz CT molecular complexity index is 723. The highest BCUT2D eigenvalue weighted by atomic mass is 16.5. The van der Waals surface area contributed by atoms with Crippen LogP contribution in [0.3, 0.4) is 0 Å². The molecule has 1 heterocycles. The number of terminal acetylenes is 1. The van der Waals surface area contributed by atoms with E-state index in [0.717, 1.165) is 31.7 Å². The lowest BCUT2D eigenvalue weighted by atomic mass is 9.69. The Morgan fingerprint density at radius 1 is 1.29 bits per heavy atom. The van der Waals surface area contributed by atoms with Crippen molar-refractivity contribution in [1.29, 1.82) is 0 Å². The van der Waals surface area contributed by atoms with Crippen molar-refractivity contribution in [1.82, 2.24) is 4.90 Å². The van der Waals surface area contributed by atoms with Crippen LogP contribution < -0.4 is 0 Å². The van der Waals surface area contributed by atoms with Gasteiger partial charge in [-0.25, -0.2) is 0 Å². The van der Waals surface area contributed by atoms with Gasteiger partial charge in [-0.2, -0.15) is 0 Å². The van der Waals surface area contributed by atoms with Gasteiger partial charge in [0, 0.05) is 12.5 Å². The summed E-state index contributed by atoms with van der Waals surface area (Å²) in [6, 6.07) is 0.334. The van der Waals surface area contributed by atoms with Gasteiger partial charge in [0.2, 0.25) is 0 Å². The van der Waals surface area contributed by atoms with Crippen LogP contribution in [-0.2, 0) is 4.74 Å². The van der Waals surface area contributed by atoms with Gasteiger partial charge < -0.3 is 9.64 Å². The number of ether oxygens (including phenoxy) is 1. The number of nitrogens with zero attached hydrogens (tertiary/aromatic N) is 1. The maximum absolute atomic E-state index is 6.19. The molecule has 2 rings (SSSR count). The summed E-state index contributed by atoms with van der Waals surface area (Å²) in [5.41, 5.74) is 4.21. The first kappa shape index (κ1) is 25.6. The maximum atomic E-state index is 6.19. The molecule has 1 aliphatic carbocycles. The zero-order valence-corrected chi connectivity index (χ0v) is 21.6. The number of rotatable bonds is 9. The Morgan fingerprint density at radius 3 is 2.39 bits per heavy atom. The monoisotopic (exact) mass is 425 g/mol. The van der Waals surface area contributed by atoms with Gasteiger partial charge in [-0.1, -0.05) is 51.7 Å². The van der Waals surface area contributed by atoms with Gasteiger partial charge in [-0.15, -0.1) is 6.42 Å². The standard InChI is InChI=1S/C29H47NO/c1-11-21(5)27(26(12-2)24-14-13-15-24)19-25-16-17-30(23(7)31-29(8,9)10)28(22(25)6)18-20(3)4/h2,19-21,24,26,28H,7,11,13-18H2,1,3-6,8-10H3/b27-19+. The molecule has 0 aromatic rings. The molecule has 0 aromatic carbocycles. The Morgan fingerprint density at radius 2 is 1.94 bits per heavy atom. The van der Waals surface area contributed by atoms with Gasteiger partial charge in [0.25, 0.3) is 0 Å². The average Bonchev–Trinajstić information content (AvgIpc) is 2.63. The van der Waals surface area contributed by atoms with Crippen LogP contribution >= 0.6 is 0 Å². The predicted molar refractivity (Wildman–Crippen MR) is 134 cm³/mol. The molecule has 174 valence electrons. The molecule has 0 saturated heterocycles. The summed E-state index contributed by atoms with van der Waals surface area (Å²) in [5.74, 6) is 6.10. The van der Waals surface area contributed by atoms with Crippen LogP contribution in [0.1, 0.15) is 93.9 Å². The quantitative estimate of drug-likeness (QED) is 0.277. The molecule has 2 heteroatoms. The minimum atomic E-state index is -0.232. The zero-order valence-electron chi connectivity index (χ0n) is 21.6. The molecule has 0 radical (unpaired) electrons. The summed E-state index contributed by atoms with van der Waals surface area (Å²) >= 11 is 0. The van der Waals surface area contributed by atoms with Crippen molar-refractivity contribution in [2.24, 2.45) is 23.7 Å². The molecule has 2 aliphatic rings. The predicted octanol–water partition coefficient (Wildman–Crippen LogP) is 7.73. The fourth-order valence-corrected chi connectivity index (χ4v) is 4.94. The smallest absolute Gasteiger partial charge is 0.182 e. The third-order valence-electron chi connectivity index (χ3n) is 7.13. The van der Waals surface area contributed by atoms with Crippen molar-refractivity contribution in [3.05, 3.63) is 35.3 Å². The van der Waals surface area contributed by atoms with Gasteiger partial charge >= 0.3 is 0 Å². The highest BCUT2D eigenvalue weighted by molar-refractivity contribution is 5.37. The van der Waals surface area contributed by atoms with Gasteiger partial charge in [0.1, 0.15) is 5.60 Å². The van der Waals surface area contributed by atoms with Crippen LogP contribution in [0, 0.1) is 36.0 Å². The van der Waals surface area contributed by atoms with E-state index in [1.807, 2.05) is 0 Å². The molecule has 0 spiro atoms. The number of allylic oxidation sites excluding steroid dienone is 2. The van der Waals surface area contributed by atoms with E-state index >= 15 is 0 Å². The van der Waals surface area contributed by atoms with E-state index in [1.165, 1.54) is 36.0 Å². The molecule has 0 bridgehead atoms. The first-order valence-electron chi connectivity index (χ1n) is 12.5. The van der Waals surface area contributed by atoms with Crippen LogP contribution in [0.4, 0.5) is 0 Å². The van der Waals surface area contributed by atoms with E-state index in [4.69, 9.17) is 11.2 Å². The molecule has 1 saturated carbocycles. The minimum absolute atomic E-state index is 0.232. The van der Waals surface area contributed by atoms with E-state index in [9.17, 15) is 0 Å². The number of hydrogen-bond acceptors (Lipinski definition) is 2. The van der Waals surface area contributed by atoms with E-state index < -0.39 is 0 Å². The summed E-state index contributed by atoms with van der Waals surface area (Å²) in [4.78, 5) is 2.39. The molecule has 3 unspecified atom stereocenters. The van der Waals surface area contributed by atoms with Crippen LogP contribution in [-0.4, -0.2) is 23.1 Å². The largest absolute Gasteiger partial charge is 0.474 e. The summed E-state index contributed by atoms with van der Waals surface area (Å²) < 4.78 is 6.19. The molecule has 2 nitrogen and oxygen atoms in total. The number of hydrogen-bond donors (Lipinski definition) is 0. The summed E-state index contributed by atoms with van der Waals surface area (Å²) in [5, 5.41) is 0. The summed E-state index contributed by atoms with van der Waals surface area (Å²) in [7, 11) is 0. The molecule has 0 aromatic heterocycles. The van der Waals surface area contributed by atoms with Gasteiger partial charge in [0.05, 0.1) is 6.04 Å². The molecular weight excluding hydrogens is 378 g/mol. The molecule has 1 aliphatic heterocycles. The molecule has 0 amide bonds. The lowest BCUT2D eigenvalue weighted by Gasteiger charge is -2.42. The van der Waals surface area contributed by atoms with Gasteiger partial charge in [-0.05, 0) is 95.3 Å². The highest BCUT2D eigenvalue weighted by Crippen LogP contribution is 2.41. The van der Waals surface area contributed by atoms with Crippen molar-refractivity contribution < 1.29 is 4.74 Å². The second-order valence-corrected chi connectivity index (χ2v) is 11.2. The van der Waals surface area contributed by atoms with E-state index in [2.05, 4.69) is 78.9 Å². The van der Waals surface area contributed by atoms with Crippen molar-refractivity contribution in [2.45, 2.75) is 106 Å². The molecular formula is C29H47NO. The average molecular weight is 426 g/mol. The third kappa shape index (κ3) is 6.68. The zero-order chi connectivity index (χ0) is 23.3. The normalized spacial score (nSPS) is 22.8.